The molecular weight excluding hydrogens is 416 g/mol. The third kappa shape index (κ3) is 4.06. The van der Waals surface area contributed by atoms with Crippen LogP contribution >= 0.6 is 0 Å². The van der Waals surface area contributed by atoms with Crippen LogP contribution in [0.3, 0.4) is 0 Å². The number of benzene rings is 1. The second-order valence-electron chi connectivity index (χ2n) is 8.38. The molecule has 33 heavy (non-hydrogen) atoms. The number of pyridine rings is 1. The summed E-state index contributed by atoms with van der Waals surface area (Å²) in [6.45, 7) is 2.22. The number of ether oxygens (including phenoxy) is 1. The molecule has 4 aromatic rings. The van der Waals surface area contributed by atoms with Crippen molar-refractivity contribution >= 4 is 11.5 Å². The van der Waals surface area contributed by atoms with E-state index >= 15 is 0 Å². The van der Waals surface area contributed by atoms with Crippen molar-refractivity contribution in [2.75, 3.05) is 6.61 Å². The molecule has 1 fully saturated rings. The molecule has 0 aliphatic heterocycles. The normalized spacial score (nSPS) is 18.3. The highest BCUT2D eigenvalue weighted by molar-refractivity contribution is 5.90. The zero-order valence-electron chi connectivity index (χ0n) is 18.6. The Morgan fingerprint density at radius 3 is 2.48 bits per heavy atom. The number of hydrogen-bond acceptors (Lipinski definition) is 5. The Kier molecular flexibility index (Phi) is 5.77. The van der Waals surface area contributed by atoms with Crippen LogP contribution in [-0.2, 0) is 9.53 Å². The fourth-order valence-corrected chi connectivity index (χ4v) is 4.69. The standard InChI is InChI=1S/C26H26N4O3/c1-2-33-26(32)19-11-13-20(14-12-19)30-23(31)16-15-21(27-30)24-22-10-6-7-17-29(22)28-25(24)18-8-4-3-5-9-18/h3-10,15-17,19-20H,2,11-14H2,1H3. The second kappa shape index (κ2) is 9.02. The first-order valence-corrected chi connectivity index (χ1v) is 11.5. The topological polar surface area (TPSA) is 78.5 Å². The maximum absolute atomic E-state index is 12.8. The molecule has 0 N–H and O–H groups in total. The van der Waals surface area contributed by atoms with Crippen molar-refractivity contribution in [2.45, 2.75) is 38.6 Å². The van der Waals surface area contributed by atoms with Gasteiger partial charge in [0.2, 0.25) is 0 Å². The van der Waals surface area contributed by atoms with E-state index in [4.69, 9.17) is 14.9 Å². The van der Waals surface area contributed by atoms with Gasteiger partial charge in [0.15, 0.2) is 0 Å². The Balaban J connectivity index is 1.53. The minimum Gasteiger partial charge on any atom is -0.466 e. The number of esters is 1. The smallest absolute Gasteiger partial charge is 0.308 e. The first-order chi connectivity index (χ1) is 16.2. The minimum atomic E-state index is -0.135. The van der Waals surface area contributed by atoms with Gasteiger partial charge in [-0.3, -0.25) is 9.59 Å². The molecule has 5 rings (SSSR count). The van der Waals surface area contributed by atoms with Gasteiger partial charge < -0.3 is 4.74 Å². The van der Waals surface area contributed by atoms with Crippen LogP contribution in [0.4, 0.5) is 0 Å². The third-order valence-electron chi connectivity index (χ3n) is 6.33. The van der Waals surface area contributed by atoms with Gasteiger partial charge in [0.25, 0.3) is 5.56 Å². The van der Waals surface area contributed by atoms with Gasteiger partial charge in [-0.1, -0.05) is 36.4 Å². The predicted molar refractivity (Wildman–Crippen MR) is 126 cm³/mol. The molecule has 1 saturated carbocycles. The molecule has 1 aliphatic rings. The van der Waals surface area contributed by atoms with E-state index in [1.54, 1.807) is 16.8 Å². The molecule has 3 aromatic heterocycles. The van der Waals surface area contributed by atoms with Crippen molar-refractivity contribution in [3.8, 4) is 22.5 Å². The predicted octanol–water partition coefficient (Wildman–Crippen LogP) is 4.52. The Morgan fingerprint density at radius 1 is 0.970 bits per heavy atom. The Bertz CT molecular complexity index is 1330. The summed E-state index contributed by atoms with van der Waals surface area (Å²) in [6, 6.07) is 19.2. The van der Waals surface area contributed by atoms with Crippen LogP contribution < -0.4 is 5.56 Å². The van der Waals surface area contributed by atoms with Crippen molar-refractivity contribution in [3.63, 3.8) is 0 Å². The van der Waals surface area contributed by atoms with Crippen molar-refractivity contribution < 1.29 is 9.53 Å². The zero-order valence-corrected chi connectivity index (χ0v) is 18.6. The van der Waals surface area contributed by atoms with Gasteiger partial charge in [0.05, 0.1) is 35.3 Å². The molecule has 0 saturated heterocycles. The van der Waals surface area contributed by atoms with E-state index in [0.29, 0.717) is 25.1 Å². The van der Waals surface area contributed by atoms with Crippen molar-refractivity contribution in [2.24, 2.45) is 5.92 Å². The van der Waals surface area contributed by atoms with E-state index in [1.165, 1.54) is 0 Å². The van der Waals surface area contributed by atoms with Crippen LogP contribution in [0.5, 0.6) is 0 Å². The largest absolute Gasteiger partial charge is 0.466 e. The van der Waals surface area contributed by atoms with Gasteiger partial charge in [-0.25, -0.2) is 9.20 Å². The van der Waals surface area contributed by atoms with Gasteiger partial charge in [-0.15, -0.1) is 0 Å². The molecule has 7 heteroatoms. The molecule has 7 nitrogen and oxygen atoms in total. The summed E-state index contributed by atoms with van der Waals surface area (Å²) in [6.07, 6.45) is 4.76. The average molecular weight is 443 g/mol. The monoisotopic (exact) mass is 442 g/mol. The molecule has 3 heterocycles. The molecule has 0 atom stereocenters. The van der Waals surface area contributed by atoms with E-state index in [2.05, 4.69) is 0 Å². The molecule has 1 aliphatic carbocycles. The summed E-state index contributed by atoms with van der Waals surface area (Å²) in [5, 5.41) is 9.62. The van der Waals surface area contributed by atoms with Crippen molar-refractivity contribution in [3.05, 3.63) is 77.2 Å². The maximum atomic E-state index is 12.8. The molecule has 168 valence electrons. The van der Waals surface area contributed by atoms with Gasteiger partial charge in [-0.05, 0) is 50.8 Å². The Labute approximate surface area is 191 Å². The summed E-state index contributed by atoms with van der Waals surface area (Å²) < 4.78 is 8.62. The molecule has 1 aromatic carbocycles. The number of fused-ring (bicyclic) bond motifs is 1. The molecule has 0 unspecified atom stereocenters. The lowest BCUT2D eigenvalue weighted by molar-refractivity contribution is -0.149. The first kappa shape index (κ1) is 21.1. The first-order valence-electron chi connectivity index (χ1n) is 11.5. The number of hydrogen-bond donors (Lipinski definition) is 0. The average Bonchev–Trinajstić information content (AvgIpc) is 3.25. The summed E-state index contributed by atoms with van der Waals surface area (Å²) >= 11 is 0. The van der Waals surface area contributed by atoms with Gasteiger partial charge >= 0.3 is 5.97 Å². The molecular formula is C26H26N4O3. The highest BCUT2D eigenvalue weighted by Gasteiger charge is 2.29. The summed E-state index contributed by atoms with van der Waals surface area (Å²) in [5.41, 5.74) is 4.23. The quantitative estimate of drug-likeness (QED) is 0.425. The van der Waals surface area contributed by atoms with Crippen LogP contribution in [0.2, 0.25) is 0 Å². The van der Waals surface area contributed by atoms with Crippen molar-refractivity contribution in [1.82, 2.24) is 19.4 Å². The van der Waals surface area contributed by atoms with E-state index in [1.807, 2.05) is 66.2 Å². The van der Waals surface area contributed by atoms with Gasteiger partial charge in [0.1, 0.15) is 5.69 Å². The maximum Gasteiger partial charge on any atom is 0.308 e. The van der Waals surface area contributed by atoms with Crippen molar-refractivity contribution in [1.29, 1.82) is 0 Å². The highest BCUT2D eigenvalue weighted by atomic mass is 16.5. The minimum absolute atomic E-state index is 0.0369. The fraction of sp³-hybridized carbons (Fsp3) is 0.308. The van der Waals surface area contributed by atoms with Crippen LogP contribution in [0.1, 0.15) is 38.6 Å². The van der Waals surface area contributed by atoms with Crippen LogP contribution in [0.25, 0.3) is 28.0 Å². The zero-order chi connectivity index (χ0) is 22.8. The molecule has 0 amide bonds. The van der Waals surface area contributed by atoms with Gasteiger partial charge in [0, 0.05) is 17.8 Å². The SMILES string of the molecule is CCOC(=O)C1CCC(n2nc(-c3c(-c4ccccc4)nn4ccccc34)ccc2=O)CC1. The third-order valence-corrected chi connectivity index (χ3v) is 6.33. The van der Waals surface area contributed by atoms with E-state index < -0.39 is 0 Å². The van der Waals surface area contributed by atoms with Crippen LogP contribution in [0, 0.1) is 5.92 Å². The Hall–Kier alpha value is -3.74. The molecule has 0 radical (unpaired) electrons. The Morgan fingerprint density at radius 2 is 1.73 bits per heavy atom. The second-order valence-corrected chi connectivity index (χ2v) is 8.38. The van der Waals surface area contributed by atoms with Gasteiger partial charge in [-0.2, -0.15) is 10.2 Å². The van der Waals surface area contributed by atoms with E-state index in [-0.39, 0.29) is 23.5 Å². The number of aromatic nitrogens is 4. The number of nitrogens with zero attached hydrogens (tertiary/aromatic N) is 4. The van der Waals surface area contributed by atoms with Crippen LogP contribution in [0.15, 0.2) is 71.7 Å². The lowest BCUT2D eigenvalue weighted by Gasteiger charge is -2.27. The fourth-order valence-electron chi connectivity index (χ4n) is 4.69. The lowest BCUT2D eigenvalue weighted by Crippen LogP contribution is -2.31. The highest BCUT2D eigenvalue weighted by Crippen LogP contribution is 2.35. The summed E-state index contributed by atoms with van der Waals surface area (Å²) in [5.74, 6) is -0.228. The van der Waals surface area contributed by atoms with E-state index in [9.17, 15) is 9.59 Å². The number of carbonyl (C=O) groups excluding carboxylic acids is 1. The lowest BCUT2D eigenvalue weighted by atomic mass is 9.86. The molecule has 0 bridgehead atoms. The number of carbonyl (C=O) groups is 1. The molecule has 0 spiro atoms. The van der Waals surface area contributed by atoms with Crippen LogP contribution in [-0.4, -0.2) is 32.0 Å². The summed E-state index contributed by atoms with van der Waals surface area (Å²) in [7, 11) is 0. The summed E-state index contributed by atoms with van der Waals surface area (Å²) in [4.78, 5) is 24.9. The van der Waals surface area contributed by atoms with E-state index in [0.717, 1.165) is 35.2 Å². The number of rotatable bonds is 5.